The molecule has 0 radical (unpaired) electrons. The fourth-order valence-corrected chi connectivity index (χ4v) is 7.68. The van der Waals surface area contributed by atoms with Crippen molar-refractivity contribution in [2.45, 2.75) is 74.2 Å². The first kappa shape index (κ1) is 29.5. The van der Waals surface area contributed by atoms with Gasteiger partial charge in [0.15, 0.2) is 0 Å². The van der Waals surface area contributed by atoms with E-state index in [2.05, 4.69) is 36.0 Å². The fraction of sp³-hybridized carbons (Fsp3) is 0.567. The summed E-state index contributed by atoms with van der Waals surface area (Å²) in [4.78, 5) is 45.2. The number of esters is 1. The normalized spacial score (nSPS) is 30.5. The quantitative estimate of drug-likeness (QED) is 0.211. The van der Waals surface area contributed by atoms with Crippen LogP contribution in [0.2, 0.25) is 0 Å². The molecular formula is C30H39BrN2O6. The summed E-state index contributed by atoms with van der Waals surface area (Å²) in [7, 11) is 0. The third-order valence-corrected chi connectivity index (χ3v) is 9.19. The number of likely N-dealkylation sites (tertiary alicyclic amines) is 1. The number of ether oxygens (including phenoxy) is 2. The second kappa shape index (κ2) is 12.4. The topological polar surface area (TPSA) is 96.4 Å². The number of halogens is 1. The Kier molecular flexibility index (Phi) is 9.34. The molecule has 9 heteroatoms. The Morgan fingerprint density at radius 3 is 2.64 bits per heavy atom. The zero-order valence-electron chi connectivity index (χ0n) is 22.7. The molecule has 8 nitrogen and oxygen atoms in total. The van der Waals surface area contributed by atoms with Gasteiger partial charge >= 0.3 is 5.97 Å². The van der Waals surface area contributed by atoms with E-state index in [0.29, 0.717) is 19.4 Å². The highest BCUT2D eigenvalue weighted by atomic mass is 79.9. The number of hydrogen-bond donors (Lipinski definition) is 1. The molecule has 1 aromatic rings. The standard InChI is InChI=1S/C30H39BrN2O6/c1-5-11-19(4)32(14-6-2)28(36)26-30-17-22(31)25(39-30)23(29(37)38-15-7-3)24(30)27(35)33(26)21(18-34)16-20-12-9-8-10-13-20/h6-10,12-13,19,21-26,34H,2-3,5,11,14-18H2,1,4H3/t19?,21-,22?,23-,24+,25-,26?,30?/m1/s1. The lowest BCUT2D eigenvalue weighted by atomic mass is 9.70. The molecule has 2 amide bonds. The third kappa shape index (κ3) is 5.21. The van der Waals surface area contributed by atoms with Gasteiger partial charge in [0.25, 0.3) is 0 Å². The lowest BCUT2D eigenvalue weighted by Gasteiger charge is -2.41. The first-order valence-electron chi connectivity index (χ1n) is 13.7. The van der Waals surface area contributed by atoms with E-state index in [1.54, 1.807) is 11.0 Å². The van der Waals surface area contributed by atoms with Crippen molar-refractivity contribution < 1.29 is 29.0 Å². The van der Waals surface area contributed by atoms with Crippen LogP contribution in [0.5, 0.6) is 0 Å². The Morgan fingerprint density at radius 2 is 2.03 bits per heavy atom. The fourth-order valence-electron chi connectivity index (χ4n) is 6.74. The van der Waals surface area contributed by atoms with E-state index in [0.717, 1.165) is 18.4 Å². The summed E-state index contributed by atoms with van der Waals surface area (Å²) < 4.78 is 12.0. The second-order valence-corrected chi connectivity index (χ2v) is 11.9. The molecule has 1 aromatic carbocycles. The molecule has 39 heavy (non-hydrogen) atoms. The maximum Gasteiger partial charge on any atom is 0.312 e. The van der Waals surface area contributed by atoms with E-state index < -0.39 is 41.6 Å². The molecule has 3 aliphatic rings. The minimum Gasteiger partial charge on any atom is -0.461 e. The number of nitrogens with zero attached hydrogens (tertiary/aromatic N) is 2. The van der Waals surface area contributed by atoms with Crippen molar-refractivity contribution in [1.29, 1.82) is 0 Å². The Bertz CT molecular complexity index is 1080. The summed E-state index contributed by atoms with van der Waals surface area (Å²) >= 11 is 3.68. The van der Waals surface area contributed by atoms with Gasteiger partial charge in [0.05, 0.1) is 30.6 Å². The van der Waals surface area contributed by atoms with Gasteiger partial charge in [0, 0.05) is 17.4 Å². The summed E-state index contributed by atoms with van der Waals surface area (Å²) in [5.74, 6) is -2.90. The SMILES string of the molecule is C=CCOC(=O)[C@H]1[C@@H]2OC3(CC2Br)C(C(=O)N(CC=C)C(C)CCC)N([C@@H](CO)Cc2ccccc2)C(=O)[C@H]13. The van der Waals surface area contributed by atoms with Crippen molar-refractivity contribution >= 4 is 33.7 Å². The molecule has 1 N–H and O–H groups in total. The lowest BCUT2D eigenvalue weighted by Crippen LogP contribution is -2.60. The molecule has 4 unspecified atom stereocenters. The molecule has 8 atom stereocenters. The molecule has 0 aliphatic carbocycles. The van der Waals surface area contributed by atoms with E-state index in [9.17, 15) is 19.5 Å². The van der Waals surface area contributed by atoms with Crippen LogP contribution < -0.4 is 0 Å². The summed E-state index contributed by atoms with van der Waals surface area (Å²) in [5.41, 5.74) is -0.293. The molecule has 4 rings (SSSR count). The molecule has 3 aliphatic heterocycles. The number of aliphatic hydroxyl groups excluding tert-OH is 1. The number of hydrogen-bond acceptors (Lipinski definition) is 6. The van der Waals surface area contributed by atoms with Crippen LogP contribution in [-0.4, -0.2) is 87.1 Å². The van der Waals surface area contributed by atoms with Gasteiger partial charge in [-0.2, -0.15) is 0 Å². The second-order valence-electron chi connectivity index (χ2n) is 10.8. The molecule has 0 saturated carbocycles. The van der Waals surface area contributed by atoms with Crippen molar-refractivity contribution in [3.63, 3.8) is 0 Å². The van der Waals surface area contributed by atoms with E-state index in [4.69, 9.17) is 9.47 Å². The molecule has 3 heterocycles. The monoisotopic (exact) mass is 602 g/mol. The summed E-state index contributed by atoms with van der Waals surface area (Å²) in [5, 5.41) is 10.6. The van der Waals surface area contributed by atoms with Crippen LogP contribution in [0.1, 0.15) is 38.7 Å². The van der Waals surface area contributed by atoms with Gasteiger partial charge in [0.1, 0.15) is 18.2 Å². The molecule has 2 bridgehead atoms. The van der Waals surface area contributed by atoms with Gasteiger partial charge in [0.2, 0.25) is 11.8 Å². The Morgan fingerprint density at radius 1 is 1.31 bits per heavy atom. The van der Waals surface area contributed by atoms with E-state index >= 15 is 0 Å². The minimum absolute atomic E-state index is 0.0178. The lowest BCUT2D eigenvalue weighted by molar-refractivity contribution is -0.156. The number of carbonyl (C=O) groups is 3. The van der Waals surface area contributed by atoms with Gasteiger partial charge in [-0.25, -0.2) is 0 Å². The Labute approximate surface area is 239 Å². The van der Waals surface area contributed by atoms with Crippen molar-refractivity contribution in [2.24, 2.45) is 11.8 Å². The van der Waals surface area contributed by atoms with Crippen LogP contribution in [0.4, 0.5) is 0 Å². The van der Waals surface area contributed by atoms with Crippen molar-refractivity contribution in [2.75, 3.05) is 19.8 Å². The smallest absolute Gasteiger partial charge is 0.312 e. The van der Waals surface area contributed by atoms with Crippen LogP contribution >= 0.6 is 15.9 Å². The van der Waals surface area contributed by atoms with Gasteiger partial charge in [-0.05, 0) is 31.7 Å². The number of carbonyl (C=O) groups excluding carboxylic acids is 3. The van der Waals surface area contributed by atoms with Crippen molar-refractivity contribution in [3.8, 4) is 0 Å². The van der Waals surface area contributed by atoms with Crippen LogP contribution in [0.3, 0.4) is 0 Å². The van der Waals surface area contributed by atoms with Crippen LogP contribution in [0.25, 0.3) is 0 Å². The first-order valence-corrected chi connectivity index (χ1v) is 14.6. The number of amides is 2. The van der Waals surface area contributed by atoms with Gasteiger partial charge in [-0.15, -0.1) is 6.58 Å². The molecular weight excluding hydrogens is 564 g/mol. The summed E-state index contributed by atoms with van der Waals surface area (Å²) in [6.45, 7) is 11.5. The van der Waals surface area contributed by atoms with Gasteiger partial charge in [-0.3, -0.25) is 14.4 Å². The highest BCUT2D eigenvalue weighted by Gasteiger charge is 2.77. The molecule has 1 spiro atoms. The summed E-state index contributed by atoms with van der Waals surface area (Å²) in [6, 6.07) is 7.78. The highest BCUT2D eigenvalue weighted by Crippen LogP contribution is 2.60. The average Bonchev–Trinajstić information content (AvgIpc) is 3.52. The minimum atomic E-state index is -1.22. The highest BCUT2D eigenvalue weighted by molar-refractivity contribution is 9.09. The van der Waals surface area contributed by atoms with Crippen LogP contribution in [0, 0.1) is 11.8 Å². The van der Waals surface area contributed by atoms with E-state index in [1.807, 2.05) is 37.3 Å². The third-order valence-electron chi connectivity index (χ3n) is 8.34. The number of alkyl halides is 1. The predicted octanol–water partition coefficient (Wildman–Crippen LogP) is 3.27. The van der Waals surface area contributed by atoms with Gasteiger partial charge < -0.3 is 24.4 Å². The van der Waals surface area contributed by atoms with Crippen molar-refractivity contribution in [1.82, 2.24) is 9.80 Å². The number of rotatable bonds is 13. The molecule has 0 aromatic heterocycles. The maximum absolute atomic E-state index is 14.5. The van der Waals surface area contributed by atoms with E-state index in [1.165, 1.54) is 11.0 Å². The van der Waals surface area contributed by atoms with E-state index in [-0.39, 0.29) is 35.9 Å². The molecule has 3 saturated heterocycles. The average molecular weight is 604 g/mol. The Balaban J connectivity index is 1.81. The number of aliphatic hydroxyl groups is 1. The van der Waals surface area contributed by atoms with Crippen LogP contribution in [-0.2, 0) is 30.3 Å². The largest absolute Gasteiger partial charge is 0.461 e. The number of benzene rings is 1. The zero-order valence-corrected chi connectivity index (χ0v) is 24.3. The van der Waals surface area contributed by atoms with Crippen molar-refractivity contribution in [3.05, 3.63) is 61.2 Å². The summed E-state index contributed by atoms with van der Waals surface area (Å²) in [6.07, 6.45) is 4.97. The predicted molar refractivity (Wildman–Crippen MR) is 151 cm³/mol. The Hall–Kier alpha value is -2.49. The molecule has 212 valence electrons. The maximum atomic E-state index is 14.5. The van der Waals surface area contributed by atoms with Gasteiger partial charge in [-0.1, -0.05) is 78.3 Å². The first-order chi connectivity index (χ1) is 18.7. The number of fused-ring (bicyclic) bond motifs is 1. The molecule has 3 fully saturated rings. The van der Waals surface area contributed by atoms with Crippen LogP contribution in [0.15, 0.2) is 55.6 Å². The zero-order chi connectivity index (χ0) is 28.3.